The van der Waals surface area contributed by atoms with Crippen molar-refractivity contribution >= 4 is 0 Å². The third kappa shape index (κ3) is 3.03. The Balaban J connectivity index is 2.28. The molecule has 0 fully saturated rings. The van der Waals surface area contributed by atoms with Crippen molar-refractivity contribution in [1.29, 1.82) is 0 Å². The van der Waals surface area contributed by atoms with Gasteiger partial charge in [0.2, 0.25) is 0 Å². The largest absolute Gasteiger partial charge is 0.492 e. The van der Waals surface area contributed by atoms with E-state index in [2.05, 4.69) is 11.9 Å². The zero-order valence-corrected chi connectivity index (χ0v) is 6.49. The molecule has 0 spiro atoms. The maximum Gasteiger partial charge on any atom is 0.137 e. The summed E-state index contributed by atoms with van der Waals surface area (Å²) in [5.41, 5.74) is 0. The Morgan fingerprint density at radius 1 is 1.55 bits per heavy atom. The molecule has 0 saturated carbocycles. The van der Waals surface area contributed by atoms with Crippen molar-refractivity contribution in [1.82, 2.24) is 4.98 Å². The Morgan fingerprint density at radius 2 is 2.45 bits per heavy atom. The minimum absolute atomic E-state index is 0.731. The topological polar surface area (TPSA) is 22.1 Å². The van der Waals surface area contributed by atoms with Crippen LogP contribution in [0.15, 0.2) is 24.5 Å². The van der Waals surface area contributed by atoms with Crippen LogP contribution in [0.2, 0.25) is 0 Å². The predicted octanol–water partition coefficient (Wildman–Crippen LogP) is 2.07. The van der Waals surface area contributed by atoms with Gasteiger partial charge in [-0.05, 0) is 18.6 Å². The van der Waals surface area contributed by atoms with Gasteiger partial charge < -0.3 is 4.74 Å². The average Bonchev–Trinajstić information content (AvgIpc) is 2.07. The Bertz CT molecular complexity index is 186. The van der Waals surface area contributed by atoms with Gasteiger partial charge in [0, 0.05) is 6.20 Å². The molecule has 2 nitrogen and oxygen atoms in total. The van der Waals surface area contributed by atoms with Gasteiger partial charge in [-0.3, -0.25) is 4.98 Å². The number of unbranched alkanes of at least 4 members (excludes halogenated alkanes) is 1. The zero-order chi connectivity index (χ0) is 7.94. The van der Waals surface area contributed by atoms with E-state index in [1.54, 1.807) is 12.4 Å². The summed E-state index contributed by atoms with van der Waals surface area (Å²) in [7, 11) is 0. The van der Waals surface area contributed by atoms with Gasteiger partial charge in [0.25, 0.3) is 0 Å². The number of aromatic nitrogens is 1. The summed E-state index contributed by atoms with van der Waals surface area (Å²) in [6.45, 7) is 4.45. The molecule has 1 aromatic rings. The Labute approximate surface area is 67.2 Å². The van der Waals surface area contributed by atoms with Crippen LogP contribution in [-0.4, -0.2) is 11.6 Å². The molecule has 11 heavy (non-hydrogen) atoms. The first-order valence-electron chi connectivity index (χ1n) is 3.75. The summed E-state index contributed by atoms with van der Waals surface area (Å²) in [6, 6.07) is 3.76. The molecule has 59 valence electrons. The predicted molar refractivity (Wildman–Crippen MR) is 44.3 cm³/mol. The molecule has 0 bridgehead atoms. The summed E-state index contributed by atoms with van der Waals surface area (Å²) in [6.07, 6.45) is 5.35. The van der Waals surface area contributed by atoms with E-state index in [1.807, 2.05) is 12.1 Å². The molecule has 0 aliphatic rings. The van der Waals surface area contributed by atoms with Crippen molar-refractivity contribution in [2.24, 2.45) is 0 Å². The third-order valence-electron chi connectivity index (χ3n) is 1.30. The minimum atomic E-state index is 0.731. The van der Waals surface area contributed by atoms with Crippen LogP contribution in [0.1, 0.15) is 12.8 Å². The molecule has 0 aromatic carbocycles. The SMILES string of the molecule is [CH2]CCCOc1cccnc1. The highest BCUT2D eigenvalue weighted by Gasteiger charge is 1.89. The molecular formula is C9H12NO. The number of nitrogens with zero attached hydrogens (tertiary/aromatic N) is 1. The average molecular weight is 150 g/mol. The van der Waals surface area contributed by atoms with Crippen LogP contribution in [-0.2, 0) is 0 Å². The van der Waals surface area contributed by atoms with Crippen molar-refractivity contribution in [3.05, 3.63) is 31.5 Å². The number of rotatable bonds is 4. The lowest BCUT2D eigenvalue weighted by molar-refractivity contribution is 0.310. The van der Waals surface area contributed by atoms with Crippen LogP contribution in [0.3, 0.4) is 0 Å². The summed E-state index contributed by atoms with van der Waals surface area (Å²) in [5.74, 6) is 0.834. The molecule has 0 saturated heterocycles. The fourth-order valence-electron chi connectivity index (χ4n) is 0.725. The summed E-state index contributed by atoms with van der Waals surface area (Å²) < 4.78 is 5.34. The standard InChI is InChI=1S/C9H12NO/c1-2-3-7-11-9-5-4-6-10-8-9/h4-6,8H,1-3,7H2. The maximum absolute atomic E-state index is 5.34. The maximum atomic E-state index is 5.34. The second-order valence-corrected chi connectivity index (χ2v) is 2.24. The first-order valence-corrected chi connectivity index (χ1v) is 3.75. The number of ether oxygens (including phenoxy) is 1. The molecule has 1 aromatic heterocycles. The molecule has 1 rings (SSSR count). The van der Waals surface area contributed by atoms with Crippen molar-refractivity contribution in [3.8, 4) is 5.75 Å². The van der Waals surface area contributed by atoms with Crippen molar-refractivity contribution in [2.45, 2.75) is 12.8 Å². The van der Waals surface area contributed by atoms with Crippen LogP contribution >= 0.6 is 0 Å². The lowest BCUT2D eigenvalue weighted by atomic mass is 10.4. The third-order valence-corrected chi connectivity index (χ3v) is 1.30. The normalized spacial score (nSPS) is 9.55. The molecule has 0 aliphatic heterocycles. The molecule has 0 amide bonds. The molecule has 1 heterocycles. The molecular weight excluding hydrogens is 138 g/mol. The highest BCUT2D eigenvalue weighted by atomic mass is 16.5. The van der Waals surface area contributed by atoms with Gasteiger partial charge >= 0.3 is 0 Å². The van der Waals surface area contributed by atoms with E-state index in [-0.39, 0.29) is 0 Å². The van der Waals surface area contributed by atoms with E-state index in [0.29, 0.717) is 0 Å². The van der Waals surface area contributed by atoms with Gasteiger partial charge in [-0.2, -0.15) is 0 Å². The van der Waals surface area contributed by atoms with Gasteiger partial charge in [-0.25, -0.2) is 0 Å². The van der Waals surface area contributed by atoms with Crippen LogP contribution in [0, 0.1) is 6.92 Å². The van der Waals surface area contributed by atoms with E-state index in [4.69, 9.17) is 4.74 Å². The zero-order valence-electron chi connectivity index (χ0n) is 6.49. The van der Waals surface area contributed by atoms with Gasteiger partial charge in [0.15, 0.2) is 0 Å². The van der Waals surface area contributed by atoms with E-state index in [9.17, 15) is 0 Å². The van der Waals surface area contributed by atoms with Gasteiger partial charge in [-0.1, -0.05) is 13.3 Å². The van der Waals surface area contributed by atoms with Crippen LogP contribution in [0.25, 0.3) is 0 Å². The second-order valence-electron chi connectivity index (χ2n) is 2.24. The monoisotopic (exact) mass is 150 g/mol. The first kappa shape index (κ1) is 8.05. The molecule has 0 aliphatic carbocycles. The number of hydrogen-bond acceptors (Lipinski definition) is 2. The number of hydrogen-bond donors (Lipinski definition) is 0. The van der Waals surface area contributed by atoms with E-state index >= 15 is 0 Å². The minimum Gasteiger partial charge on any atom is -0.492 e. The quantitative estimate of drug-likeness (QED) is 0.613. The van der Waals surface area contributed by atoms with Crippen molar-refractivity contribution in [2.75, 3.05) is 6.61 Å². The Morgan fingerprint density at radius 3 is 3.09 bits per heavy atom. The summed E-state index contributed by atoms with van der Waals surface area (Å²) in [4.78, 5) is 3.92. The lowest BCUT2D eigenvalue weighted by Gasteiger charge is -2.02. The highest BCUT2D eigenvalue weighted by Crippen LogP contribution is 2.06. The van der Waals surface area contributed by atoms with Crippen LogP contribution < -0.4 is 4.74 Å². The summed E-state index contributed by atoms with van der Waals surface area (Å²) in [5, 5.41) is 0. The second kappa shape index (κ2) is 4.72. The van der Waals surface area contributed by atoms with Crippen LogP contribution in [0.4, 0.5) is 0 Å². The molecule has 0 atom stereocenters. The van der Waals surface area contributed by atoms with Gasteiger partial charge in [-0.15, -0.1) is 0 Å². The smallest absolute Gasteiger partial charge is 0.137 e. The fraction of sp³-hybridized carbons (Fsp3) is 0.333. The highest BCUT2D eigenvalue weighted by molar-refractivity contribution is 5.15. The Hall–Kier alpha value is -1.05. The number of pyridine rings is 1. The molecule has 1 radical (unpaired) electrons. The molecule has 0 unspecified atom stereocenters. The van der Waals surface area contributed by atoms with E-state index < -0.39 is 0 Å². The van der Waals surface area contributed by atoms with Gasteiger partial charge in [0.05, 0.1) is 12.8 Å². The first-order chi connectivity index (χ1) is 5.43. The molecule has 0 N–H and O–H groups in total. The van der Waals surface area contributed by atoms with Crippen molar-refractivity contribution < 1.29 is 4.74 Å². The van der Waals surface area contributed by atoms with E-state index in [0.717, 1.165) is 25.2 Å². The van der Waals surface area contributed by atoms with E-state index in [1.165, 1.54) is 0 Å². The lowest BCUT2D eigenvalue weighted by Crippen LogP contribution is -1.96. The Kier molecular flexibility index (Phi) is 3.45. The van der Waals surface area contributed by atoms with Gasteiger partial charge in [0.1, 0.15) is 5.75 Å². The fourth-order valence-corrected chi connectivity index (χ4v) is 0.725. The molecule has 2 heteroatoms. The van der Waals surface area contributed by atoms with Crippen LogP contribution in [0.5, 0.6) is 5.75 Å². The summed E-state index contributed by atoms with van der Waals surface area (Å²) >= 11 is 0. The van der Waals surface area contributed by atoms with Crippen molar-refractivity contribution in [3.63, 3.8) is 0 Å².